The number of hydrogen-bond acceptors (Lipinski definition) is 4. The smallest absolute Gasteiger partial charge is 0.288 e. The molecule has 1 atom stereocenters. The number of halogens is 6. The van der Waals surface area contributed by atoms with Gasteiger partial charge in [0.1, 0.15) is 5.25 Å². The van der Waals surface area contributed by atoms with Gasteiger partial charge in [-0.2, -0.15) is 26.3 Å². The maximum Gasteiger partial charge on any atom is 0.416 e. The van der Waals surface area contributed by atoms with Gasteiger partial charge >= 0.3 is 12.4 Å². The molecule has 0 aromatic heterocycles. The zero-order chi connectivity index (χ0) is 19.2. The molecule has 0 saturated carbocycles. The van der Waals surface area contributed by atoms with Gasteiger partial charge < -0.3 is 0 Å². The number of anilines is 1. The van der Waals surface area contributed by atoms with Gasteiger partial charge in [0.2, 0.25) is 11.8 Å². The molecular weight excluding hydrogens is 376 g/mol. The Bertz CT molecular complexity index is 711. The second-order valence-electron chi connectivity index (χ2n) is 5.13. The average molecular weight is 385 g/mol. The molecule has 1 fully saturated rings. The zero-order valence-electron chi connectivity index (χ0n) is 12.4. The first-order valence-electron chi connectivity index (χ1n) is 6.64. The first-order chi connectivity index (χ1) is 11.3. The molecule has 0 spiro atoms. The molecule has 11 heteroatoms. The van der Waals surface area contributed by atoms with Crippen LogP contribution in [0.2, 0.25) is 0 Å². The van der Waals surface area contributed by atoms with E-state index in [0.29, 0.717) is 23.9 Å². The molecule has 136 valence electrons. The van der Waals surface area contributed by atoms with Crippen molar-refractivity contribution >= 4 is 34.4 Å². The number of carbonyl (C=O) groups is 3. The number of nitrogens with zero attached hydrogens (tertiary/aromatic N) is 1. The summed E-state index contributed by atoms with van der Waals surface area (Å²) in [5.74, 6) is -2.01. The minimum Gasteiger partial charge on any atom is -0.288 e. The predicted octanol–water partition coefficient (Wildman–Crippen LogP) is 3.64. The topological polar surface area (TPSA) is 54.5 Å². The molecule has 25 heavy (non-hydrogen) atoms. The number of imide groups is 1. The largest absolute Gasteiger partial charge is 0.416 e. The quantitative estimate of drug-likeness (QED) is 0.576. The summed E-state index contributed by atoms with van der Waals surface area (Å²) in [6, 6.07) is 0.494. The number of benzene rings is 1. The standard InChI is InChI=1S/C14H9F6NO3S/c1-6(22)25-10-5-11(23)21(12(10)24)9-3-7(13(15,16)17)2-8(4-9)14(18,19)20/h2-4,10H,5H2,1H3/t10-/m1/s1. The molecule has 1 aliphatic rings. The van der Waals surface area contributed by atoms with Crippen LogP contribution in [0, 0.1) is 0 Å². The van der Waals surface area contributed by atoms with E-state index < -0.39 is 57.8 Å². The third-order valence-electron chi connectivity index (χ3n) is 3.24. The molecule has 0 aliphatic carbocycles. The summed E-state index contributed by atoms with van der Waals surface area (Å²) >= 11 is 0.496. The predicted molar refractivity (Wildman–Crippen MR) is 75.6 cm³/mol. The molecule has 0 unspecified atom stereocenters. The highest BCUT2D eigenvalue weighted by Crippen LogP contribution is 2.40. The molecule has 0 bridgehead atoms. The second kappa shape index (κ2) is 6.36. The fourth-order valence-electron chi connectivity index (χ4n) is 2.24. The van der Waals surface area contributed by atoms with Crippen LogP contribution < -0.4 is 4.90 Å². The lowest BCUT2D eigenvalue weighted by atomic mass is 10.1. The number of carbonyl (C=O) groups excluding carboxylic acids is 3. The number of hydrogen-bond donors (Lipinski definition) is 0. The molecule has 1 aromatic rings. The van der Waals surface area contributed by atoms with E-state index >= 15 is 0 Å². The first-order valence-corrected chi connectivity index (χ1v) is 7.52. The molecule has 0 N–H and O–H groups in total. The van der Waals surface area contributed by atoms with E-state index in [4.69, 9.17) is 0 Å². The van der Waals surface area contributed by atoms with Crippen molar-refractivity contribution in [3.8, 4) is 0 Å². The fourth-order valence-corrected chi connectivity index (χ4v) is 3.07. The van der Waals surface area contributed by atoms with Crippen LogP contribution in [0.4, 0.5) is 32.0 Å². The summed E-state index contributed by atoms with van der Waals surface area (Å²) in [6.07, 6.45) is -10.7. The van der Waals surface area contributed by atoms with Crippen molar-refractivity contribution in [2.24, 2.45) is 0 Å². The lowest BCUT2D eigenvalue weighted by molar-refractivity contribution is -0.143. The molecule has 1 saturated heterocycles. The van der Waals surface area contributed by atoms with Crippen LogP contribution >= 0.6 is 11.8 Å². The molecule has 2 rings (SSSR count). The van der Waals surface area contributed by atoms with Crippen LogP contribution in [0.25, 0.3) is 0 Å². The maximum atomic E-state index is 12.9. The molecular formula is C14H9F6NO3S. The third-order valence-corrected chi connectivity index (χ3v) is 4.23. The van der Waals surface area contributed by atoms with E-state index in [1.54, 1.807) is 0 Å². The minimum absolute atomic E-state index is 0.101. The number of thioether (sulfide) groups is 1. The van der Waals surface area contributed by atoms with Crippen LogP contribution in [0.5, 0.6) is 0 Å². The van der Waals surface area contributed by atoms with Gasteiger partial charge in [0.05, 0.1) is 16.8 Å². The van der Waals surface area contributed by atoms with E-state index in [9.17, 15) is 40.7 Å². The zero-order valence-corrected chi connectivity index (χ0v) is 13.2. The van der Waals surface area contributed by atoms with Crippen molar-refractivity contribution in [3.63, 3.8) is 0 Å². The number of rotatable bonds is 2. The summed E-state index contributed by atoms with van der Waals surface area (Å²) < 4.78 is 77.2. The number of alkyl halides is 6. The van der Waals surface area contributed by atoms with Gasteiger partial charge in [0.25, 0.3) is 0 Å². The molecule has 1 aliphatic heterocycles. The van der Waals surface area contributed by atoms with Crippen molar-refractivity contribution in [1.29, 1.82) is 0 Å². The van der Waals surface area contributed by atoms with E-state index in [-0.39, 0.29) is 11.0 Å². The van der Waals surface area contributed by atoms with Crippen LogP contribution in [0.15, 0.2) is 18.2 Å². The highest BCUT2D eigenvalue weighted by atomic mass is 32.2. The summed E-state index contributed by atoms with van der Waals surface area (Å²) in [4.78, 5) is 35.4. The van der Waals surface area contributed by atoms with Crippen molar-refractivity contribution in [2.75, 3.05) is 4.90 Å². The average Bonchev–Trinajstić information content (AvgIpc) is 2.70. The Morgan fingerprint density at radius 3 is 1.92 bits per heavy atom. The van der Waals surface area contributed by atoms with Gasteiger partial charge in [-0.15, -0.1) is 0 Å². The molecule has 1 aromatic carbocycles. The van der Waals surface area contributed by atoms with Gasteiger partial charge in [-0.1, -0.05) is 11.8 Å². The minimum atomic E-state index is -5.10. The Morgan fingerprint density at radius 2 is 1.52 bits per heavy atom. The van der Waals surface area contributed by atoms with E-state index in [1.165, 1.54) is 0 Å². The Kier molecular flexibility index (Phi) is 4.90. The van der Waals surface area contributed by atoms with Crippen LogP contribution in [-0.2, 0) is 26.7 Å². The monoisotopic (exact) mass is 385 g/mol. The summed E-state index contributed by atoms with van der Waals surface area (Å²) in [5, 5.41) is -1.68. The van der Waals surface area contributed by atoms with E-state index in [1.807, 2.05) is 0 Å². The van der Waals surface area contributed by atoms with Crippen molar-refractivity contribution in [2.45, 2.75) is 30.9 Å². The normalized spacial score (nSPS) is 18.8. The Hall–Kier alpha value is -2.04. The van der Waals surface area contributed by atoms with Gasteiger partial charge in [0, 0.05) is 13.3 Å². The lowest BCUT2D eigenvalue weighted by Gasteiger charge is -2.19. The maximum absolute atomic E-state index is 12.9. The SMILES string of the molecule is CC(=O)S[C@@H]1CC(=O)N(c2cc(C(F)(F)F)cc(C(F)(F)F)c2)C1=O. The van der Waals surface area contributed by atoms with E-state index in [2.05, 4.69) is 0 Å². The molecule has 2 amide bonds. The lowest BCUT2D eigenvalue weighted by Crippen LogP contribution is -2.32. The van der Waals surface area contributed by atoms with Gasteiger partial charge in [-0.25, -0.2) is 4.90 Å². The second-order valence-corrected chi connectivity index (χ2v) is 6.51. The number of amides is 2. The first kappa shape index (κ1) is 19.3. The van der Waals surface area contributed by atoms with Crippen molar-refractivity contribution in [3.05, 3.63) is 29.3 Å². The van der Waals surface area contributed by atoms with Gasteiger partial charge in [0.15, 0.2) is 5.12 Å². The highest BCUT2D eigenvalue weighted by molar-refractivity contribution is 8.14. The summed E-state index contributed by atoms with van der Waals surface area (Å²) in [6.45, 7) is 1.12. The van der Waals surface area contributed by atoms with Crippen LogP contribution in [0.3, 0.4) is 0 Å². The Labute approximate surface area is 141 Å². The van der Waals surface area contributed by atoms with Crippen molar-refractivity contribution < 1.29 is 40.7 Å². The van der Waals surface area contributed by atoms with Crippen LogP contribution in [-0.4, -0.2) is 22.2 Å². The van der Waals surface area contributed by atoms with Gasteiger partial charge in [-0.3, -0.25) is 14.4 Å². The van der Waals surface area contributed by atoms with Crippen LogP contribution in [0.1, 0.15) is 24.5 Å². The highest BCUT2D eigenvalue weighted by Gasteiger charge is 2.43. The Morgan fingerprint density at radius 1 is 1.04 bits per heavy atom. The van der Waals surface area contributed by atoms with E-state index in [0.717, 1.165) is 6.92 Å². The fraction of sp³-hybridized carbons (Fsp3) is 0.357. The molecule has 1 heterocycles. The Balaban J connectivity index is 2.53. The van der Waals surface area contributed by atoms with Crippen molar-refractivity contribution in [1.82, 2.24) is 0 Å². The third kappa shape index (κ3) is 4.14. The summed E-state index contributed by atoms with van der Waals surface area (Å²) in [7, 11) is 0. The molecule has 4 nitrogen and oxygen atoms in total. The van der Waals surface area contributed by atoms with Gasteiger partial charge in [-0.05, 0) is 18.2 Å². The summed E-state index contributed by atoms with van der Waals surface area (Å²) in [5.41, 5.74) is -4.11. The molecule has 0 radical (unpaired) electrons.